The zero-order chi connectivity index (χ0) is 28.7. The van der Waals surface area contributed by atoms with E-state index in [0.717, 1.165) is 48.1 Å². The third-order valence-corrected chi connectivity index (χ3v) is 7.22. The Morgan fingerprint density at radius 1 is 0.610 bits per heavy atom. The minimum atomic E-state index is 0.117. The van der Waals surface area contributed by atoms with E-state index in [1.165, 1.54) is 51.2 Å². The molecule has 1 N–H and O–H groups in total. The van der Waals surface area contributed by atoms with Gasteiger partial charge in [-0.3, -0.25) is 0 Å². The summed E-state index contributed by atoms with van der Waals surface area (Å²) in [6.45, 7) is 5.63. The van der Waals surface area contributed by atoms with Crippen LogP contribution in [0, 0.1) is 0 Å². The molecule has 6 heteroatoms. The minimum absolute atomic E-state index is 0.117. The summed E-state index contributed by atoms with van der Waals surface area (Å²) in [7, 11) is 0. The lowest BCUT2D eigenvalue weighted by atomic mass is 9.89. The quantitative estimate of drug-likeness (QED) is 0.131. The van der Waals surface area contributed by atoms with Gasteiger partial charge in [0.05, 0.1) is 13.2 Å². The van der Waals surface area contributed by atoms with Crippen molar-refractivity contribution in [2.75, 3.05) is 13.2 Å². The number of hydrogen-bond acceptors (Lipinski definition) is 6. The number of rotatable bonds is 17. The van der Waals surface area contributed by atoms with Crippen LogP contribution in [-0.2, 0) is 0 Å². The second kappa shape index (κ2) is 16.4. The van der Waals surface area contributed by atoms with Gasteiger partial charge in [0, 0.05) is 28.3 Å². The predicted octanol–water partition coefficient (Wildman–Crippen LogP) is 9.28. The van der Waals surface area contributed by atoms with E-state index in [1.807, 2.05) is 54.6 Å². The van der Waals surface area contributed by atoms with Crippen LogP contribution in [0.5, 0.6) is 17.2 Å². The topological polar surface area (TPSA) is 77.4 Å². The molecule has 0 aliphatic rings. The van der Waals surface area contributed by atoms with E-state index in [-0.39, 0.29) is 5.75 Å². The first-order chi connectivity index (χ1) is 20.2. The largest absolute Gasteiger partial charge is 0.507 e. The highest BCUT2D eigenvalue weighted by Gasteiger charge is 2.26. The maximum absolute atomic E-state index is 11.5. The van der Waals surface area contributed by atoms with Gasteiger partial charge in [-0.2, -0.15) is 0 Å². The van der Waals surface area contributed by atoms with Crippen molar-refractivity contribution in [2.45, 2.75) is 78.1 Å². The van der Waals surface area contributed by atoms with Crippen molar-refractivity contribution < 1.29 is 14.6 Å². The summed E-state index contributed by atoms with van der Waals surface area (Å²) in [5.74, 6) is 1.94. The molecule has 0 amide bonds. The molecule has 0 saturated heterocycles. The molecule has 41 heavy (non-hydrogen) atoms. The van der Waals surface area contributed by atoms with Crippen LogP contribution in [0.15, 0.2) is 73.3 Å². The number of unbranched alkanes of at least 4 members (excludes halogenated alkanes) is 8. The lowest BCUT2D eigenvalue weighted by molar-refractivity contribution is 0.301. The van der Waals surface area contributed by atoms with Gasteiger partial charge in [0.2, 0.25) is 0 Å². The van der Waals surface area contributed by atoms with Gasteiger partial charge in [-0.1, -0.05) is 114 Å². The van der Waals surface area contributed by atoms with Crippen molar-refractivity contribution >= 4 is 0 Å². The third-order valence-electron chi connectivity index (χ3n) is 7.22. The normalized spacial score (nSPS) is 11.0. The van der Waals surface area contributed by atoms with Crippen LogP contribution < -0.4 is 9.47 Å². The van der Waals surface area contributed by atoms with Gasteiger partial charge in [-0.05, 0) is 24.5 Å². The number of phenols is 1. The van der Waals surface area contributed by atoms with Gasteiger partial charge in [-0.15, -0.1) is 0 Å². The van der Waals surface area contributed by atoms with E-state index in [0.29, 0.717) is 35.9 Å². The molecule has 1 aromatic heterocycles. The molecule has 4 aromatic rings. The maximum Gasteiger partial charge on any atom is 0.164 e. The van der Waals surface area contributed by atoms with Crippen molar-refractivity contribution in [3.63, 3.8) is 0 Å². The van der Waals surface area contributed by atoms with Gasteiger partial charge in [-0.25, -0.2) is 15.0 Å². The molecule has 0 atom stereocenters. The second-order valence-electron chi connectivity index (χ2n) is 10.4. The summed E-state index contributed by atoms with van der Waals surface area (Å²) in [6, 6.07) is 19.6. The van der Waals surface area contributed by atoms with Gasteiger partial charge >= 0.3 is 0 Å². The Labute approximate surface area is 244 Å². The number of para-hydroxylation sites is 1. The molecule has 1 heterocycles. The molecular formula is C35H43N3O3. The SMILES string of the molecule is CCCCCCCCOc1cc(O)c(-c2ccccc2)c(-c2ncncn2)c1-c1ccccc1OCCCCCC. The summed E-state index contributed by atoms with van der Waals surface area (Å²) in [5, 5.41) is 11.5. The fraction of sp³-hybridized carbons (Fsp3) is 0.400. The second-order valence-corrected chi connectivity index (χ2v) is 10.4. The smallest absolute Gasteiger partial charge is 0.164 e. The van der Waals surface area contributed by atoms with Crippen LogP contribution in [0.3, 0.4) is 0 Å². The Morgan fingerprint density at radius 2 is 1.20 bits per heavy atom. The van der Waals surface area contributed by atoms with Crippen molar-refractivity contribution in [2.24, 2.45) is 0 Å². The van der Waals surface area contributed by atoms with E-state index in [2.05, 4.69) is 28.8 Å². The zero-order valence-corrected chi connectivity index (χ0v) is 24.5. The molecule has 0 bridgehead atoms. The summed E-state index contributed by atoms with van der Waals surface area (Å²) >= 11 is 0. The van der Waals surface area contributed by atoms with Gasteiger partial charge < -0.3 is 14.6 Å². The number of nitrogens with zero attached hydrogens (tertiary/aromatic N) is 3. The lowest BCUT2D eigenvalue weighted by Crippen LogP contribution is -2.05. The number of aromatic hydroxyl groups is 1. The van der Waals surface area contributed by atoms with E-state index < -0.39 is 0 Å². The standard InChI is InChI=1S/C35H43N3O3/c1-3-5-7-9-10-17-23-41-31-24-29(39)32(27-18-12-11-13-19-27)34(35-37-25-36-26-38-35)33(31)28-20-14-15-21-30(28)40-22-16-8-6-4-2/h11-15,18-21,24-26,39H,3-10,16-17,22-23H2,1-2H3. The monoisotopic (exact) mass is 553 g/mol. The molecule has 216 valence electrons. The molecule has 0 saturated carbocycles. The van der Waals surface area contributed by atoms with Gasteiger partial charge in [0.15, 0.2) is 5.82 Å². The number of ether oxygens (including phenoxy) is 2. The van der Waals surface area contributed by atoms with E-state index in [1.54, 1.807) is 6.07 Å². The first-order valence-electron chi connectivity index (χ1n) is 15.2. The van der Waals surface area contributed by atoms with Crippen LogP contribution in [0.4, 0.5) is 0 Å². The molecule has 0 aliphatic heterocycles. The zero-order valence-electron chi connectivity index (χ0n) is 24.5. The predicted molar refractivity (Wildman–Crippen MR) is 166 cm³/mol. The van der Waals surface area contributed by atoms with Crippen molar-refractivity contribution in [1.82, 2.24) is 15.0 Å². The van der Waals surface area contributed by atoms with E-state index in [9.17, 15) is 5.11 Å². The highest BCUT2D eigenvalue weighted by atomic mass is 16.5. The fourth-order valence-electron chi connectivity index (χ4n) is 5.09. The number of phenolic OH excluding ortho intramolecular Hbond substituents is 1. The van der Waals surface area contributed by atoms with Crippen LogP contribution >= 0.6 is 0 Å². The van der Waals surface area contributed by atoms with Crippen LogP contribution in [0.25, 0.3) is 33.6 Å². The van der Waals surface area contributed by atoms with Crippen molar-refractivity contribution in [1.29, 1.82) is 0 Å². The average Bonchev–Trinajstić information content (AvgIpc) is 3.01. The Balaban J connectivity index is 1.81. The number of benzene rings is 3. The lowest BCUT2D eigenvalue weighted by Gasteiger charge is -2.22. The van der Waals surface area contributed by atoms with Gasteiger partial charge in [0.1, 0.15) is 29.9 Å². The summed E-state index contributed by atoms with van der Waals surface area (Å²) in [4.78, 5) is 13.1. The average molecular weight is 554 g/mol. The van der Waals surface area contributed by atoms with Crippen LogP contribution in [-0.4, -0.2) is 33.3 Å². The first kappa shape index (κ1) is 30.0. The van der Waals surface area contributed by atoms with Crippen LogP contribution in [0.2, 0.25) is 0 Å². The highest BCUT2D eigenvalue weighted by Crippen LogP contribution is 2.50. The highest BCUT2D eigenvalue weighted by molar-refractivity contribution is 5.99. The fourth-order valence-corrected chi connectivity index (χ4v) is 5.09. The maximum atomic E-state index is 11.5. The van der Waals surface area contributed by atoms with Crippen LogP contribution in [0.1, 0.15) is 78.1 Å². The third kappa shape index (κ3) is 8.29. The number of hydrogen-bond donors (Lipinski definition) is 1. The molecule has 0 aliphatic carbocycles. The van der Waals surface area contributed by atoms with Crippen molar-refractivity contribution in [3.05, 3.63) is 73.3 Å². The summed E-state index contributed by atoms with van der Waals surface area (Å²) < 4.78 is 12.8. The molecule has 0 radical (unpaired) electrons. The Kier molecular flexibility index (Phi) is 12.0. The molecule has 0 spiro atoms. The molecule has 6 nitrogen and oxygen atoms in total. The molecule has 0 unspecified atom stereocenters. The Morgan fingerprint density at radius 3 is 1.90 bits per heavy atom. The molecule has 4 rings (SSSR count). The van der Waals surface area contributed by atoms with Crippen molar-refractivity contribution in [3.8, 4) is 50.9 Å². The number of aromatic nitrogens is 3. The molecular weight excluding hydrogens is 510 g/mol. The summed E-state index contributed by atoms with van der Waals surface area (Å²) in [6.07, 6.45) is 14.5. The minimum Gasteiger partial charge on any atom is -0.507 e. The molecule has 0 fully saturated rings. The first-order valence-corrected chi connectivity index (χ1v) is 15.2. The van der Waals surface area contributed by atoms with E-state index >= 15 is 0 Å². The summed E-state index contributed by atoms with van der Waals surface area (Å²) in [5.41, 5.74) is 3.90. The van der Waals surface area contributed by atoms with E-state index in [4.69, 9.17) is 9.47 Å². The molecule has 3 aromatic carbocycles. The Bertz CT molecular complexity index is 1330. The van der Waals surface area contributed by atoms with Gasteiger partial charge in [0.25, 0.3) is 0 Å². The Hall–Kier alpha value is -3.93.